The van der Waals surface area contributed by atoms with Crippen molar-refractivity contribution >= 4 is 5.91 Å². The molecule has 1 saturated heterocycles. The molecule has 27 heavy (non-hydrogen) atoms. The Morgan fingerprint density at radius 3 is 2.74 bits per heavy atom. The number of hydrogen-bond acceptors (Lipinski definition) is 3. The van der Waals surface area contributed by atoms with Crippen molar-refractivity contribution in [2.24, 2.45) is 0 Å². The van der Waals surface area contributed by atoms with Crippen LogP contribution in [0.15, 0.2) is 60.7 Å². The molecule has 0 unspecified atom stereocenters. The highest BCUT2D eigenvalue weighted by atomic mass is 16.2. The molecule has 0 aliphatic carbocycles. The van der Waals surface area contributed by atoms with Crippen LogP contribution < -0.4 is 5.32 Å². The monoisotopic (exact) mass is 360 g/mol. The number of aryl methyl sites for hydroxylation is 1. The van der Waals surface area contributed by atoms with Crippen LogP contribution in [0.2, 0.25) is 0 Å². The number of aromatic amines is 1. The number of carbonyl (C=O) groups excluding carboxylic acids is 1. The van der Waals surface area contributed by atoms with E-state index in [2.05, 4.69) is 51.6 Å². The number of H-pyrrole nitrogens is 1. The number of nitrogens with zero attached hydrogens (tertiary/aromatic N) is 2. The van der Waals surface area contributed by atoms with Gasteiger partial charge in [-0.15, -0.1) is 0 Å². The molecule has 1 aliphatic heterocycles. The van der Waals surface area contributed by atoms with Crippen molar-refractivity contribution in [1.29, 1.82) is 0 Å². The minimum Gasteiger partial charge on any atom is -0.347 e. The molecule has 1 aliphatic rings. The fraction of sp³-hybridized carbons (Fsp3) is 0.273. The van der Waals surface area contributed by atoms with Gasteiger partial charge in [0, 0.05) is 31.2 Å². The largest absolute Gasteiger partial charge is 0.347 e. The van der Waals surface area contributed by atoms with Gasteiger partial charge in [-0.3, -0.25) is 14.8 Å². The number of carbonyl (C=O) groups is 1. The van der Waals surface area contributed by atoms with Crippen LogP contribution in [0.1, 0.15) is 28.0 Å². The third kappa shape index (κ3) is 4.26. The van der Waals surface area contributed by atoms with E-state index in [0.717, 1.165) is 37.3 Å². The Morgan fingerprint density at radius 2 is 1.96 bits per heavy atom. The first kappa shape index (κ1) is 17.5. The van der Waals surface area contributed by atoms with Crippen molar-refractivity contribution in [3.8, 4) is 11.3 Å². The van der Waals surface area contributed by atoms with Gasteiger partial charge in [0.05, 0.1) is 5.69 Å². The average Bonchev–Trinajstić information content (AvgIpc) is 3.33. The number of likely N-dealkylation sites (tertiary alicyclic amines) is 1. The van der Waals surface area contributed by atoms with Gasteiger partial charge in [-0.2, -0.15) is 5.10 Å². The summed E-state index contributed by atoms with van der Waals surface area (Å²) in [4.78, 5) is 14.9. The summed E-state index contributed by atoms with van der Waals surface area (Å²) in [5, 5.41) is 10.3. The zero-order chi connectivity index (χ0) is 18.6. The van der Waals surface area contributed by atoms with E-state index < -0.39 is 0 Å². The molecule has 0 saturated carbocycles. The molecular formula is C22H24N4O. The van der Waals surface area contributed by atoms with Crippen LogP contribution in [0.3, 0.4) is 0 Å². The van der Waals surface area contributed by atoms with Crippen molar-refractivity contribution in [3.05, 3.63) is 77.5 Å². The Hall–Kier alpha value is -2.92. The normalized spacial score (nSPS) is 17.1. The molecule has 1 fully saturated rings. The maximum atomic E-state index is 12.6. The number of aromatic nitrogens is 2. The van der Waals surface area contributed by atoms with Gasteiger partial charge >= 0.3 is 0 Å². The lowest BCUT2D eigenvalue weighted by Gasteiger charge is -2.16. The second-order valence-corrected chi connectivity index (χ2v) is 7.21. The minimum absolute atomic E-state index is 0.0903. The Kier molecular flexibility index (Phi) is 5.03. The standard InChI is InChI=1S/C22H24N4O/c1-16-7-9-18(10-8-16)20-13-21(25-24-20)22(27)23-19-11-12-26(15-19)14-17-5-3-2-4-6-17/h2-10,13,19H,11-12,14-15H2,1H3,(H,23,27)(H,24,25)/t19-/m0/s1. The third-order valence-electron chi connectivity index (χ3n) is 5.03. The lowest BCUT2D eigenvalue weighted by molar-refractivity contribution is 0.0932. The van der Waals surface area contributed by atoms with E-state index in [1.807, 2.05) is 36.4 Å². The van der Waals surface area contributed by atoms with Crippen LogP contribution >= 0.6 is 0 Å². The maximum Gasteiger partial charge on any atom is 0.269 e. The van der Waals surface area contributed by atoms with E-state index in [4.69, 9.17) is 0 Å². The van der Waals surface area contributed by atoms with Gasteiger partial charge in [0.2, 0.25) is 0 Å². The predicted molar refractivity (Wildman–Crippen MR) is 106 cm³/mol. The predicted octanol–water partition coefficient (Wildman–Crippen LogP) is 3.39. The third-order valence-corrected chi connectivity index (χ3v) is 5.03. The van der Waals surface area contributed by atoms with Crippen molar-refractivity contribution in [2.75, 3.05) is 13.1 Å². The average molecular weight is 360 g/mol. The van der Waals surface area contributed by atoms with E-state index >= 15 is 0 Å². The Balaban J connectivity index is 1.34. The van der Waals surface area contributed by atoms with Crippen LogP contribution in [0.25, 0.3) is 11.3 Å². The van der Waals surface area contributed by atoms with Gasteiger partial charge in [0.1, 0.15) is 5.69 Å². The first-order chi connectivity index (χ1) is 13.2. The van der Waals surface area contributed by atoms with Crippen LogP contribution in [0, 0.1) is 6.92 Å². The summed E-state index contributed by atoms with van der Waals surface area (Å²) in [7, 11) is 0. The molecule has 0 spiro atoms. The van der Waals surface area contributed by atoms with Crippen LogP contribution in [-0.4, -0.2) is 40.1 Å². The summed E-state index contributed by atoms with van der Waals surface area (Å²) >= 11 is 0. The summed E-state index contributed by atoms with van der Waals surface area (Å²) in [6.45, 7) is 4.85. The van der Waals surface area contributed by atoms with Gasteiger partial charge in [-0.1, -0.05) is 60.2 Å². The summed E-state index contributed by atoms with van der Waals surface area (Å²) in [6.07, 6.45) is 0.970. The van der Waals surface area contributed by atoms with Crippen molar-refractivity contribution in [3.63, 3.8) is 0 Å². The quantitative estimate of drug-likeness (QED) is 0.733. The lowest BCUT2D eigenvalue weighted by Crippen LogP contribution is -2.37. The fourth-order valence-corrected chi connectivity index (χ4v) is 3.51. The minimum atomic E-state index is -0.0903. The number of hydrogen-bond donors (Lipinski definition) is 2. The molecule has 2 N–H and O–H groups in total. The Morgan fingerprint density at radius 1 is 1.19 bits per heavy atom. The van der Waals surface area contributed by atoms with Crippen LogP contribution in [-0.2, 0) is 6.54 Å². The SMILES string of the molecule is Cc1ccc(-c2cc(C(=O)N[C@H]3CCN(Cc4ccccc4)C3)[nH]n2)cc1. The molecule has 3 aromatic rings. The molecule has 2 heterocycles. The second-order valence-electron chi connectivity index (χ2n) is 7.21. The van der Waals surface area contributed by atoms with Gasteiger partial charge in [0.25, 0.3) is 5.91 Å². The molecule has 138 valence electrons. The molecule has 0 radical (unpaired) electrons. The summed E-state index contributed by atoms with van der Waals surface area (Å²) in [5.41, 5.74) is 4.81. The van der Waals surface area contributed by atoms with Crippen molar-refractivity contribution in [2.45, 2.75) is 25.9 Å². The summed E-state index contributed by atoms with van der Waals surface area (Å²) < 4.78 is 0. The maximum absolute atomic E-state index is 12.6. The topological polar surface area (TPSA) is 61.0 Å². The number of benzene rings is 2. The number of rotatable bonds is 5. The lowest BCUT2D eigenvalue weighted by atomic mass is 10.1. The van der Waals surface area contributed by atoms with Crippen molar-refractivity contribution < 1.29 is 4.79 Å². The smallest absolute Gasteiger partial charge is 0.269 e. The highest BCUT2D eigenvalue weighted by Crippen LogP contribution is 2.19. The van der Waals surface area contributed by atoms with E-state index in [9.17, 15) is 4.79 Å². The fourth-order valence-electron chi connectivity index (χ4n) is 3.51. The second kappa shape index (κ2) is 7.76. The molecule has 2 aromatic carbocycles. The molecule has 1 atom stereocenters. The Labute approximate surface area is 159 Å². The van der Waals surface area contributed by atoms with E-state index in [0.29, 0.717) is 5.69 Å². The van der Waals surface area contributed by atoms with E-state index in [-0.39, 0.29) is 11.9 Å². The molecule has 1 amide bonds. The highest BCUT2D eigenvalue weighted by Gasteiger charge is 2.24. The van der Waals surface area contributed by atoms with E-state index in [1.165, 1.54) is 11.1 Å². The first-order valence-electron chi connectivity index (χ1n) is 9.37. The van der Waals surface area contributed by atoms with Gasteiger partial charge in [-0.25, -0.2) is 0 Å². The van der Waals surface area contributed by atoms with Crippen LogP contribution in [0.5, 0.6) is 0 Å². The van der Waals surface area contributed by atoms with Gasteiger partial charge < -0.3 is 5.32 Å². The van der Waals surface area contributed by atoms with E-state index in [1.54, 1.807) is 0 Å². The Bertz CT molecular complexity index is 902. The molecule has 0 bridgehead atoms. The number of amides is 1. The molecule has 1 aromatic heterocycles. The first-order valence-corrected chi connectivity index (χ1v) is 9.37. The molecule has 5 nitrogen and oxygen atoms in total. The summed E-state index contributed by atoms with van der Waals surface area (Å²) in [6, 6.07) is 20.6. The molecule has 4 rings (SSSR count). The molecule has 5 heteroatoms. The van der Waals surface area contributed by atoms with Gasteiger partial charge in [-0.05, 0) is 25.0 Å². The zero-order valence-corrected chi connectivity index (χ0v) is 15.5. The van der Waals surface area contributed by atoms with Crippen LogP contribution in [0.4, 0.5) is 0 Å². The highest BCUT2D eigenvalue weighted by molar-refractivity contribution is 5.93. The van der Waals surface area contributed by atoms with Gasteiger partial charge in [0.15, 0.2) is 0 Å². The number of nitrogens with one attached hydrogen (secondary N) is 2. The van der Waals surface area contributed by atoms with Crippen molar-refractivity contribution in [1.82, 2.24) is 20.4 Å². The summed E-state index contributed by atoms with van der Waals surface area (Å²) in [5.74, 6) is -0.0903. The molecular weight excluding hydrogens is 336 g/mol. The zero-order valence-electron chi connectivity index (χ0n) is 15.5.